The molecule has 0 unspecified atom stereocenters. The van der Waals surface area contributed by atoms with Crippen LogP contribution in [0.2, 0.25) is 0 Å². The van der Waals surface area contributed by atoms with Crippen LogP contribution in [0.5, 0.6) is 0 Å². The first-order valence-electron chi connectivity index (χ1n) is 13.1. The zero-order chi connectivity index (χ0) is 29.4. The van der Waals surface area contributed by atoms with Crippen molar-refractivity contribution >= 4 is 50.6 Å². The molecule has 6 rings (SSSR count). The van der Waals surface area contributed by atoms with E-state index in [0.717, 1.165) is 15.8 Å². The van der Waals surface area contributed by atoms with Crippen LogP contribution < -0.4 is 10.6 Å². The largest absolute Gasteiger partial charge is 0.456 e. The number of alkyl halides is 2. The average Bonchev–Trinajstić information content (AvgIpc) is 3.68. The van der Waals surface area contributed by atoms with E-state index < -0.39 is 48.8 Å². The summed E-state index contributed by atoms with van der Waals surface area (Å²) >= 11 is 0. The fraction of sp³-hybridized carbons (Fsp3) is 0.241. The number of likely N-dealkylation sites (tertiary alicyclic amines) is 1. The maximum absolute atomic E-state index is 13.8. The van der Waals surface area contributed by atoms with Crippen LogP contribution in [0.4, 0.5) is 13.2 Å². The number of carbonyl (C=O) groups excluding carboxylic acids is 3. The Bertz CT molecular complexity index is 1790. The van der Waals surface area contributed by atoms with E-state index in [1.54, 1.807) is 24.5 Å². The van der Waals surface area contributed by atoms with E-state index in [1.807, 2.05) is 6.07 Å². The zero-order valence-corrected chi connectivity index (χ0v) is 21.9. The first kappa shape index (κ1) is 27.3. The van der Waals surface area contributed by atoms with Crippen molar-refractivity contribution in [3.05, 3.63) is 78.0 Å². The SMILES string of the molecule is O=C(NCC(=O)N1C[C@H](OC(F)F)C[C@H]1C(=O)NCc1cc2cnccc2[nH]1)c1ccc2oc3ccc(F)cc3c2c1. The van der Waals surface area contributed by atoms with Gasteiger partial charge in [0.2, 0.25) is 11.8 Å². The Hall–Kier alpha value is -4.91. The molecule has 2 atom stereocenters. The predicted molar refractivity (Wildman–Crippen MR) is 145 cm³/mol. The summed E-state index contributed by atoms with van der Waals surface area (Å²) in [7, 11) is 0. The summed E-state index contributed by atoms with van der Waals surface area (Å²) < 4.78 is 49.9. The molecule has 13 heteroatoms. The van der Waals surface area contributed by atoms with Gasteiger partial charge < -0.3 is 29.7 Å². The standard InChI is InChI=1S/C29H24F3N5O5/c30-17-2-4-25-21(9-17)20-8-15(1-3-24(20)42-25)27(39)35-13-26(38)37-14-19(41-29(31)32)10-23(37)28(40)34-12-18-7-16-11-33-6-5-22(16)36-18/h1-9,11,19,23,29,36H,10,12-14H2,(H,34,40)(H,35,39)/t19-,23+/m1/s1. The van der Waals surface area contributed by atoms with Gasteiger partial charge in [0.15, 0.2) is 0 Å². The first-order chi connectivity index (χ1) is 20.2. The topological polar surface area (TPSA) is 130 Å². The Balaban J connectivity index is 1.12. The van der Waals surface area contributed by atoms with Gasteiger partial charge in [-0.15, -0.1) is 0 Å². The van der Waals surface area contributed by atoms with Gasteiger partial charge in [-0.1, -0.05) is 0 Å². The van der Waals surface area contributed by atoms with Crippen LogP contribution in [0.25, 0.3) is 32.8 Å². The minimum Gasteiger partial charge on any atom is -0.456 e. The molecular weight excluding hydrogens is 555 g/mol. The molecule has 10 nitrogen and oxygen atoms in total. The number of ether oxygens (including phenoxy) is 1. The van der Waals surface area contributed by atoms with Crippen molar-refractivity contribution < 1.29 is 36.7 Å². The van der Waals surface area contributed by atoms with Gasteiger partial charge in [0.25, 0.3) is 5.91 Å². The summed E-state index contributed by atoms with van der Waals surface area (Å²) in [6, 6.07) is 11.2. The molecule has 0 aliphatic carbocycles. The summed E-state index contributed by atoms with van der Waals surface area (Å²) in [5.74, 6) is -2.23. The molecular formula is C29H24F3N5O5. The Kier molecular flexibility index (Phi) is 7.25. The highest BCUT2D eigenvalue weighted by Crippen LogP contribution is 2.30. The molecule has 4 heterocycles. The Morgan fingerprint density at radius 3 is 2.64 bits per heavy atom. The van der Waals surface area contributed by atoms with Gasteiger partial charge in [0.05, 0.1) is 19.2 Å². The van der Waals surface area contributed by atoms with Crippen molar-refractivity contribution in [3.8, 4) is 0 Å². The number of hydrogen-bond donors (Lipinski definition) is 3. The number of rotatable bonds is 8. The third-order valence-corrected chi connectivity index (χ3v) is 7.20. The summed E-state index contributed by atoms with van der Waals surface area (Å²) in [6.45, 7) is -3.69. The Morgan fingerprint density at radius 2 is 1.86 bits per heavy atom. The molecule has 0 radical (unpaired) electrons. The minimum atomic E-state index is -3.07. The maximum Gasteiger partial charge on any atom is 0.345 e. The van der Waals surface area contributed by atoms with E-state index in [4.69, 9.17) is 4.42 Å². The number of benzene rings is 2. The number of amides is 3. The normalized spacial score (nSPS) is 17.0. The predicted octanol–water partition coefficient (Wildman–Crippen LogP) is 3.86. The highest BCUT2D eigenvalue weighted by atomic mass is 19.3. The van der Waals surface area contributed by atoms with E-state index in [1.165, 1.54) is 30.3 Å². The molecule has 216 valence electrons. The number of hydrogen-bond acceptors (Lipinski definition) is 6. The van der Waals surface area contributed by atoms with Crippen molar-refractivity contribution in [1.82, 2.24) is 25.5 Å². The lowest BCUT2D eigenvalue weighted by Gasteiger charge is -2.24. The Morgan fingerprint density at radius 1 is 1.07 bits per heavy atom. The molecule has 3 N–H and O–H groups in total. The van der Waals surface area contributed by atoms with Gasteiger partial charge in [-0.2, -0.15) is 8.78 Å². The van der Waals surface area contributed by atoms with Gasteiger partial charge in [-0.05, 0) is 48.5 Å². The Labute approximate surface area is 235 Å². The second-order valence-electron chi connectivity index (χ2n) is 9.93. The highest BCUT2D eigenvalue weighted by molar-refractivity contribution is 6.08. The molecule has 2 aromatic carbocycles. The van der Waals surface area contributed by atoms with E-state index in [0.29, 0.717) is 27.6 Å². The molecule has 3 aromatic heterocycles. The molecule has 5 aromatic rings. The van der Waals surface area contributed by atoms with Crippen LogP contribution >= 0.6 is 0 Å². The monoisotopic (exact) mass is 579 g/mol. The third-order valence-electron chi connectivity index (χ3n) is 7.20. The van der Waals surface area contributed by atoms with Crippen LogP contribution in [-0.2, 0) is 20.9 Å². The van der Waals surface area contributed by atoms with Gasteiger partial charge in [-0.25, -0.2) is 4.39 Å². The molecule has 1 aliphatic rings. The number of halogens is 3. The van der Waals surface area contributed by atoms with E-state index in [2.05, 4.69) is 25.3 Å². The number of aromatic nitrogens is 2. The molecule has 0 saturated carbocycles. The van der Waals surface area contributed by atoms with Crippen molar-refractivity contribution in [2.75, 3.05) is 13.1 Å². The molecule has 1 fully saturated rings. The van der Waals surface area contributed by atoms with Crippen LogP contribution in [0.15, 0.2) is 65.3 Å². The summed E-state index contributed by atoms with van der Waals surface area (Å²) in [5, 5.41) is 7.12. The maximum atomic E-state index is 13.8. The number of pyridine rings is 1. The number of fused-ring (bicyclic) bond motifs is 4. The average molecular weight is 580 g/mol. The van der Waals surface area contributed by atoms with Gasteiger partial charge >= 0.3 is 6.61 Å². The number of H-pyrrole nitrogens is 1. The van der Waals surface area contributed by atoms with Crippen LogP contribution in [0.3, 0.4) is 0 Å². The van der Waals surface area contributed by atoms with Crippen molar-refractivity contribution in [2.45, 2.75) is 31.7 Å². The van der Waals surface area contributed by atoms with Crippen molar-refractivity contribution in [1.29, 1.82) is 0 Å². The fourth-order valence-corrected chi connectivity index (χ4v) is 5.24. The lowest BCUT2D eigenvalue weighted by Crippen LogP contribution is -2.49. The fourth-order valence-electron chi connectivity index (χ4n) is 5.24. The molecule has 1 saturated heterocycles. The van der Waals surface area contributed by atoms with Gasteiger partial charge in [-0.3, -0.25) is 19.4 Å². The number of nitrogens with one attached hydrogen (secondary N) is 3. The van der Waals surface area contributed by atoms with E-state index >= 15 is 0 Å². The third kappa shape index (κ3) is 5.50. The number of carbonyl (C=O) groups is 3. The lowest BCUT2D eigenvalue weighted by molar-refractivity contribution is -0.160. The highest BCUT2D eigenvalue weighted by Gasteiger charge is 2.41. The second kappa shape index (κ2) is 11.2. The lowest BCUT2D eigenvalue weighted by atomic mass is 10.1. The van der Waals surface area contributed by atoms with E-state index in [9.17, 15) is 27.6 Å². The molecule has 42 heavy (non-hydrogen) atoms. The van der Waals surface area contributed by atoms with Gasteiger partial charge in [0, 0.05) is 58.3 Å². The first-order valence-corrected chi connectivity index (χ1v) is 13.1. The molecule has 1 aliphatic heterocycles. The van der Waals surface area contributed by atoms with E-state index in [-0.39, 0.29) is 25.1 Å². The smallest absolute Gasteiger partial charge is 0.345 e. The zero-order valence-electron chi connectivity index (χ0n) is 21.9. The van der Waals surface area contributed by atoms with Crippen molar-refractivity contribution in [3.63, 3.8) is 0 Å². The summed E-state index contributed by atoms with van der Waals surface area (Å²) in [6.07, 6.45) is 2.11. The van der Waals surface area contributed by atoms with Crippen LogP contribution in [0, 0.1) is 5.82 Å². The molecule has 0 bridgehead atoms. The minimum absolute atomic E-state index is 0.109. The van der Waals surface area contributed by atoms with Crippen LogP contribution in [-0.4, -0.2) is 64.4 Å². The summed E-state index contributed by atoms with van der Waals surface area (Å²) in [4.78, 5) is 47.4. The summed E-state index contributed by atoms with van der Waals surface area (Å²) in [5.41, 5.74) is 2.65. The quantitative estimate of drug-likeness (QED) is 0.256. The second-order valence-corrected chi connectivity index (χ2v) is 9.93. The molecule has 3 amide bonds. The number of nitrogens with zero attached hydrogens (tertiary/aromatic N) is 2. The van der Waals surface area contributed by atoms with Crippen molar-refractivity contribution in [2.24, 2.45) is 0 Å². The van der Waals surface area contributed by atoms with Gasteiger partial charge in [0.1, 0.15) is 23.0 Å². The molecule has 0 spiro atoms. The van der Waals surface area contributed by atoms with Crippen LogP contribution in [0.1, 0.15) is 22.5 Å². The number of aromatic amines is 1. The number of furan rings is 1.